The van der Waals surface area contributed by atoms with E-state index in [9.17, 15) is 9.90 Å². The number of phenolic OH excluding ortho intramolecular Hbond substituents is 1. The van der Waals surface area contributed by atoms with Crippen molar-refractivity contribution in [3.63, 3.8) is 0 Å². The first-order chi connectivity index (χ1) is 9.06. The Kier molecular flexibility index (Phi) is 4.16. The topological polar surface area (TPSA) is 62.2 Å². The fraction of sp³-hybridized carbons (Fsp3) is 0.143. The number of nitrogens with one attached hydrogen (secondary N) is 1. The number of hydrogen-bond donors (Lipinski definition) is 2. The lowest BCUT2D eigenvalue weighted by atomic mass is 10.2. The molecule has 19 heavy (non-hydrogen) atoms. The van der Waals surface area contributed by atoms with Crippen LogP contribution in [0, 0.1) is 6.92 Å². The maximum atomic E-state index is 11.9. The van der Waals surface area contributed by atoms with Gasteiger partial charge in [0.05, 0.1) is 17.8 Å². The molecule has 1 amide bonds. The molecule has 0 unspecified atom stereocenters. The van der Waals surface area contributed by atoms with Gasteiger partial charge in [0, 0.05) is 10.2 Å². The molecule has 2 rings (SSSR count). The van der Waals surface area contributed by atoms with Gasteiger partial charge in [-0.05, 0) is 37.3 Å². The first-order valence-corrected chi connectivity index (χ1v) is 6.55. The summed E-state index contributed by atoms with van der Waals surface area (Å²) in [6.07, 6.45) is 0. The zero-order chi connectivity index (χ0) is 13.8. The van der Waals surface area contributed by atoms with Gasteiger partial charge in [0.2, 0.25) is 0 Å². The number of pyridine rings is 1. The Morgan fingerprint density at radius 2 is 2.16 bits per heavy atom. The lowest BCUT2D eigenvalue weighted by Crippen LogP contribution is -2.23. The molecule has 2 aromatic rings. The molecule has 0 aliphatic carbocycles. The van der Waals surface area contributed by atoms with Gasteiger partial charge in [-0.3, -0.25) is 9.78 Å². The Labute approximate surface area is 119 Å². The average molecular weight is 321 g/mol. The number of aromatic hydroxyl groups is 1. The lowest BCUT2D eigenvalue weighted by Gasteiger charge is -2.07. The molecule has 0 aliphatic rings. The number of hydrogen-bond acceptors (Lipinski definition) is 3. The highest BCUT2D eigenvalue weighted by molar-refractivity contribution is 9.10. The standard InChI is InChI=1S/C14H13BrN2O2/c1-9-3-2-4-11(17-9)8-16-14(19)12-6-5-10(15)7-13(12)18/h2-7,18H,8H2,1H3,(H,16,19). The van der Waals surface area contributed by atoms with E-state index in [0.717, 1.165) is 15.9 Å². The summed E-state index contributed by atoms with van der Waals surface area (Å²) in [4.78, 5) is 16.2. The molecule has 5 heteroatoms. The molecule has 0 aliphatic heterocycles. The Bertz CT molecular complexity index is 614. The Balaban J connectivity index is 2.05. The van der Waals surface area contributed by atoms with Gasteiger partial charge in [0.25, 0.3) is 5.91 Å². The minimum absolute atomic E-state index is 0.0518. The van der Waals surface area contributed by atoms with Crippen LogP contribution in [-0.4, -0.2) is 16.0 Å². The average Bonchev–Trinajstić information content (AvgIpc) is 2.36. The Morgan fingerprint density at radius 1 is 1.37 bits per heavy atom. The first kappa shape index (κ1) is 13.5. The number of benzene rings is 1. The fourth-order valence-electron chi connectivity index (χ4n) is 1.66. The van der Waals surface area contributed by atoms with Crippen molar-refractivity contribution in [2.45, 2.75) is 13.5 Å². The van der Waals surface area contributed by atoms with E-state index < -0.39 is 0 Å². The summed E-state index contributed by atoms with van der Waals surface area (Å²) in [5.41, 5.74) is 1.93. The van der Waals surface area contributed by atoms with Gasteiger partial charge in [-0.2, -0.15) is 0 Å². The Morgan fingerprint density at radius 3 is 2.84 bits per heavy atom. The number of aromatic nitrogens is 1. The maximum absolute atomic E-state index is 11.9. The zero-order valence-electron chi connectivity index (χ0n) is 10.4. The van der Waals surface area contributed by atoms with Crippen LogP contribution in [-0.2, 0) is 6.54 Å². The van der Waals surface area contributed by atoms with E-state index in [4.69, 9.17) is 0 Å². The van der Waals surface area contributed by atoms with Crippen LogP contribution in [0.1, 0.15) is 21.7 Å². The van der Waals surface area contributed by atoms with Gasteiger partial charge in [0.1, 0.15) is 5.75 Å². The molecule has 0 saturated carbocycles. The van der Waals surface area contributed by atoms with Crippen molar-refractivity contribution in [3.05, 3.63) is 57.8 Å². The van der Waals surface area contributed by atoms with E-state index in [1.807, 2.05) is 25.1 Å². The predicted octanol–water partition coefficient (Wildman–Crippen LogP) is 2.79. The van der Waals surface area contributed by atoms with Crippen molar-refractivity contribution in [3.8, 4) is 5.75 Å². The molecular formula is C14H13BrN2O2. The summed E-state index contributed by atoms with van der Waals surface area (Å²) in [5.74, 6) is -0.377. The van der Waals surface area contributed by atoms with Crippen molar-refractivity contribution < 1.29 is 9.90 Å². The normalized spacial score (nSPS) is 10.2. The number of carbonyl (C=O) groups excluding carboxylic acids is 1. The van der Waals surface area contributed by atoms with E-state index in [0.29, 0.717) is 6.54 Å². The summed E-state index contributed by atoms with van der Waals surface area (Å²) < 4.78 is 0.724. The third-order valence-corrected chi connectivity index (χ3v) is 3.07. The summed E-state index contributed by atoms with van der Waals surface area (Å²) in [6.45, 7) is 2.22. The second kappa shape index (κ2) is 5.84. The number of carbonyl (C=O) groups is 1. The van der Waals surface area contributed by atoms with Crippen LogP contribution in [0.4, 0.5) is 0 Å². The van der Waals surface area contributed by atoms with Crippen LogP contribution >= 0.6 is 15.9 Å². The van der Waals surface area contributed by atoms with E-state index in [1.54, 1.807) is 12.1 Å². The summed E-state index contributed by atoms with van der Waals surface area (Å²) >= 11 is 3.23. The molecule has 98 valence electrons. The Hall–Kier alpha value is -1.88. The molecule has 0 atom stereocenters. The first-order valence-electron chi connectivity index (χ1n) is 5.75. The predicted molar refractivity (Wildman–Crippen MR) is 76.0 cm³/mol. The van der Waals surface area contributed by atoms with Crippen molar-refractivity contribution in [1.29, 1.82) is 0 Å². The SMILES string of the molecule is Cc1cccc(CNC(=O)c2ccc(Br)cc2O)n1. The monoisotopic (exact) mass is 320 g/mol. The van der Waals surface area contributed by atoms with Crippen LogP contribution in [0.5, 0.6) is 5.75 Å². The number of rotatable bonds is 3. The van der Waals surface area contributed by atoms with Crippen molar-refractivity contribution in [1.82, 2.24) is 10.3 Å². The van der Waals surface area contributed by atoms with Crippen LogP contribution in [0.2, 0.25) is 0 Å². The summed E-state index contributed by atoms with van der Waals surface area (Å²) in [6, 6.07) is 10.4. The van der Waals surface area contributed by atoms with Crippen LogP contribution < -0.4 is 5.32 Å². The fourth-order valence-corrected chi connectivity index (χ4v) is 2.01. The molecule has 0 fully saturated rings. The number of halogens is 1. The third kappa shape index (κ3) is 3.54. The van der Waals surface area contributed by atoms with E-state index in [2.05, 4.69) is 26.2 Å². The molecule has 0 saturated heterocycles. The molecule has 0 radical (unpaired) electrons. The zero-order valence-corrected chi connectivity index (χ0v) is 11.9. The highest BCUT2D eigenvalue weighted by Gasteiger charge is 2.11. The van der Waals surface area contributed by atoms with Gasteiger partial charge in [-0.1, -0.05) is 22.0 Å². The van der Waals surface area contributed by atoms with Gasteiger partial charge in [0.15, 0.2) is 0 Å². The van der Waals surface area contributed by atoms with Gasteiger partial charge in [-0.25, -0.2) is 0 Å². The van der Waals surface area contributed by atoms with Crippen molar-refractivity contribution in [2.75, 3.05) is 0 Å². The molecule has 1 aromatic heterocycles. The molecule has 0 spiro atoms. The third-order valence-electron chi connectivity index (χ3n) is 2.58. The number of amides is 1. The number of nitrogens with zero attached hydrogens (tertiary/aromatic N) is 1. The molecule has 4 nitrogen and oxygen atoms in total. The summed E-state index contributed by atoms with van der Waals surface area (Å²) in [5, 5.41) is 12.4. The van der Waals surface area contributed by atoms with Gasteiger partial charge < -0.3 is 10.4 Å². The lowest BCUT2D eigenvalue weighted by molar-refractivity contribution is 0.0947. The van der Waals surface area contributed by atoms with E-state index >= 15 is 0 Å². The molecular weight excluding hydrogens is 308 g/mol. The molecule has 1 aromatic carbocycles. The second-order valence-corrected chi connectivity index (χ2v) is 5.03. The van der Waals surface area contributed by atoms with Gasteiger partial charge in [-0.15, -0.1) is 0 Å². The molecule has 0 bridgehead atoms. The van der Waals surface area contributed by atoms with Crippen LogP contribution in [0.25, 0.3) is 0 Å². The van der Waals surface area contributed by atoms with Crippen molar-refractivity contribution >= 4 is 21.8 Å². The summed E-state index contributed by atoms with van der Waals surface area (Å²) in [7, 11) is 0. The van der Waals surface area contributed by atoms with Crippen LogP contribution in [0.15, 0.2) is 40.9 Å². The smallest absolute Gasteiger partial charge is 0.255 e. The minimum atomic E-state index is -0.326. The largest absolute Gasteiger partial charge is 0.507 e. The van der Waals surface area contributed by atoms with Crippen molar-refractivity contribution in [2.24, 2.45) is 0 Å². The molecule has 1 heterocycles. The highest BCUT2D eigenvalue weighted by Crippen LogP contribution is 2.22. The highest BCUT2D eigenvalue weighted by atomic mass is 79.9. The molecule has 2 N–H and O–H groups in total. The van der Waals surface area contributed by atoms with E-state index in [1.165, 1.54) is 6.07 Å². The quantitative estimate of drug-likeness (QED) is 0.914. The number of phenols is 1. The minimum Gasteiger partial charge on any atom is -0.507 e. The van der Waals surface area contributed by atoms with Gasteiger partial charge >= 0.3 is 0 Å². The van der Waals surface area contributed by atoms with Crippen LogP contribution in [0.3, 0.4) is 0 Å². The second-order valence-electron chi connectivity index (χ2n) is 4.11. The van der Waals surface area contributed by atoms with E-state index in [-0.39, 0.29) is 17.2 Å². The number of aryl methyl sites for hydroxylation is 1. The maximum Gasteiger partial charge on any atom is 0.255 e.